The van der Waals surface area contributed by atoms with Gasteiger partial charge in [0, 0.05) is 19.8 Å². The van der Waals surface area contributed by atoms with Gasteiger partial charge in [-0.05, 0) is 52.6 Å². The van der Waals surface area contributed by atoms with Crippen LogP contribution in [0.15, 0.2) is 78.9 Å². The first-order valence-electron chi connectivity index (χ1n) is 7.94. The van der Waals surface area contributed by atoms with Crippen LogP contribution in [0.1, 0.15) is 16.7 Å². The Morgan fingerprint density at radius 3 is 1.92 bits per heavy atom. The van der Waals surface area contributed by atoms with Gasteiger partial charge in [-0.15, -0.1) is 0 Å². The Balaban J connectivity index is 2.05. The molecule has 0 aromatic heterocycles. The third-order valence-electron chi connectivity index (χ3n) is 3.96. The van der Waals surface area contributed by atoms with Crippen molar-refractivity contribution < 1.29 is 4.39 Å². The minimum Gasteiger partial charge on any atom is -0.378 e. The van der Waals surface area contributed by atoms with Gasteiger partial charge in [0.15, 0.2) is 0 Å². The summed E-state index contributed by atoms with van der Waals surface area (Å²) in [6, 6.07) is 25.2. The van der Waals surface area contributed by atoms with E-state index in [1.54, 1.807) is 0 Å². The summed E-state index contributed by atoms with van der Waals surface area (Å²) < 4.78 is 13.3. The molecule has 2 heteroatoms. The van der Waals surface area contributed by atoms with Crippen molar-refractivity contribution in [2.24, 2.45) is 0 Å². The van der Waals surface area contributed by atoms with Crippen LogP contribution in [-0.2, 0) is 0 Å². The van der Waals surface area contributed by atoms with Gasteiger partial charge in [-0.2, -0.15) is 0 Å². The summed E-state index contributed by atoms with van der Waals surface area (Å²) in [6.45, 7) is 0. The van der Waals surface area contributed by atoms with Crippen molar-refractivity contribution in [2.75, 3.05) is 19.0 Å². The monoisotopic (exact) mass is 317 g/mol. The number of nitrogens with zero attached hydrogens (tertiary/aromatic N) is 1. The van der Waals surface area contributed by atoms with E-state index < -0.39 is 0 Å². The van der Waals surface area contributed by atoms with Crippen molar-refractivity contribution in [1.29, 1.82) is 0 Å². The lowest BCUT2D eigenvalue weighted by molar-refractivity contribution is 0.627. The second-order valence-corrected chi connectivity index (χ2v) is 5.92. The predicted molar refractivity (Wildman–Crippen MR) is 101 cm³/mol. The van der Waals surface area contributed by atoms with Gasteiger partial charge < -0.3 is 4.90 Å². The van der Waals surface area contributed by atoms with E-state index in [9.17, 15) is 4.39 Å². The Morgan fingerprint density at radius 1 is 0.750 bits per heavy atom. The molecule has 0 heterocycles. The highest BCUT2D eigenvalue weighted by Gasteiger charge is 2.06. The molecule has 0 fully saturated rings. The van der Waals surface area contributed by atoms with Crippen LogP contribution in [0, 0.1) is 5.82 Å². The third kappa shape index (κ3) is 3.72. The average molecular weight is 317 g/mol. The van der Waals surface area contributed by atoms with Crippen LogP contribution in [-0.4, -0.2) is 14.1 Å². The maximum atomic E-state index is 13.3. The van der Waals surface area contributed by atoms with Gasteiger partial charge in [-0.3, -0.25) is 0 Å². The summed E-state index contributed by atoms with van der Waals surface area (Å²) in [7, 11) is 4.05. The van der Waals surface area contributed by atoms with E-state index in [0.717, 1.165) is 28.0 Å². The molecule has 0 aliphatic heterocycles. The standard InChI is InChI=1S/C22H20FN/c1-24(2)21-14-8-17(9-15-21)16-22(18-6-4-3-5-7-18)19-10-12-20(23)13-11-19/h3-16H,1-2H3/b22-16+. The second kappa shape index (κ2) is 7.14. The molecule has 0 aliphatic carbocycles. The van der Waals surface area contributed by atoms with E-state index in [1.165, 1.54) is 12.1 Å². The number of rotatable bonds is 4. The van der Waals surface area contributed by atoms with Gasteiger partial charge in [0.1, 0.15) is 5.82 Å². The molecule has 3 aromatic carbocycles. The summed E-state index contributed by atoms with van der Waals surface area (Å²) in [5, 5.41) is 0. The van der Waals surface area contributed by atoms with Crippen molar-refractivity contribution in [3.05, 3.63) is 101 Å². The molecule has 0 bridgehead atoms. The van der Waals surface area contributed by atoms with Crippen LogP contribution < -0.4 is 4.90 Å². The maximum Gasteiger partial charge on any atom is 0.123 e. The zero-order valence-corrected chi connectivity index (χ0v) is 13.9. The highest BCUT2D eigenvalue weighted by atomic mass is 19.1. The fourth-order valence-electron chi connectivity index (χ4n) is 2.62. The molecule has 0 saturated heterocycles. The molecule has 0 saturated carbocycles. The Morgan fingerprint density at radius 2 is 1.33 bits per heavy atom. The third-order valence-corrected chi connectivity index (χ3v) is 3.96. The molecule has 0 N–H and O–H groups in total. The van der Waals surface area contributed by atoms with Crippen LogP contribution in [0.3, 0.4) is 0 Å². The molecule has 0 amide bonds. The minimum absolute atomic E-state index is 0.221. The molecule has 0 radical (unpaired) electrons. The quantitative estimate of drug-likeness (QED) is 0.576. The smallest absolute Gasteiger partial charge is 0.123 e. The Labute approximate surface area is 142 Å². The zero-order chi connectivity index (χ0) is 16.9. The zero-order valence-electron chi connectivity index (χ0n) is 13.9. The van der Waals surface area contributed by atoms with Gasteiger partial charge in [0.2, 0.25) is 0 Å². The van der Waals surface area contributed by atoms with Gasteiger partial charge in [0.25, 0.3) is 0 Å². The van der Waals surface area contributed by atoms with Gasteiger partial charge in [-0.1, -0.05) is 54.6 Å². The van der Waals surface area contributed by atoms with Gasteiger partial charge in [0.05, 0.1) is 0 Å². The lowest BCUT2D eigenvalue weighted by atomic mass is 9.95. The minimum atomic E-state index is -0.221. The molecule has 24 heavy (non-hydrogen) atoms. The van der Waals surface area contributed by atoms with Gasteiger partial charge in [-0.25, -0.2) is 4.39 Å². The summed E-state index contributed by atoms with van der Waals surface area (Å²) in [5.74, 6) is -0.221. The number of benzene rings is 3. The fourth-order valence-corrected chi connectivity index (χ4v) is 2.62. The lowest BCUT2D eigenvalue weighted by Crippen LogP contribution is -2.07. The molecule has 0 spiro atoms. The number of hydrogen-bond donors (Lipinski definition) is 0. The largest absolute Gasteiger partial charge is 0.378 e. The highest BCUT2D eigenvalue weighted by Crippen LogP contribution is 2.27. The van der Waals surface area contributed by atoms with Crippen LogP contribution in [0.25, 0.3) is 11.6 Å². The van der Waals surface area contributed by atoms with Crippen molar-refractivity contribution in [1.82, 2.24) is 0 Å². The fraction of sp³-hybridized carbons (Fsp3) is 0.0909. The molecule has 3 aromatic rings. The Hall–Kier alpha value is -2.87. The second-order valence-electron chi connectivity index (χ2n) is 5.92. The van der Waals surface area contributed by atoms with Crippen molar-refractivity contribution in [3.63, 3.8) is 0 Å². The molecule has 0 unspecified atom stereocenters. The number of anilines is 1. The summed E-state index contributed by atoms with van der Waals surface area (Å²) in [5.41, 5.74) is 5.47. The van der Waals surface area contributed by atoms with Crippen LogP contribution in [0.4, 0.5) is 10.1 Å². The molecule has 120 valence electrons. The van der Waals surface area contributed by atoms with E-state index in [0.29, 0.717) is 0 Å². The molecule has 0 aliphatic rings. The van der Waals surface area contributed by atoms with Crippen molar-refractivity contribution >= 4 is 17.3 Å². The first kappa shape index (κ1) is 16.0. The normalized spacial score (nSPS) is 11.4. The van der Waals surface area contributed by atoms with Crippen molar-refractivity contribution in [2.45, 2.75) is 0 Å². The Kier molecular flexibility index (Phi) is 4.76. The Bertz CT molecular complexity index is 816. The van der Waals surface area contributed by atoms with Gasteiger partial charge >= 0.3 is 0 Å². The van der Waals surface area contributed by atoms with E-state index in [-0.39, 0.29) is 5.82 Å². The lowest BCUT2D eigenvalue weighted by Gasteiger charge is -2.13. The first-order valence-corrected chi connectivity index (χ1v) is 7.94. The van der Waals surface area contributed by atoms with E-state index in [4.69, 9.17) is 0 Å². The molecule has 0 atom stereocenters. The van der Waals surface area contributed by atoms with E-state index in [2.05, 4.69) is 47.4 Å². The van der Waals surface area contributed by atoms with Crippen LogP contribution >= 0.6 is 0 Å². The van der Waals surface area contributed by atoms with E-state index in [1.807, 2.05) is 44.4 Å². The molecular formula is C22H20FN. The van der Waals surface area contributed by atoms with Crippen LogP contribution in [0.5, 0.6) is 0 Å². The summed E-state index contributed by atoms with van der Waals surface area (Å²) in [6.07, 6.45) is 2.14. The molecule has 1 nitrogen and oxygen atoms in total. The molecular weight excluding hydrogens is 297 g/mol. The SMILES string of the molecule is CN(C)c1ccc(/C=C(\c2ccccc2)c2ccc(F)cc2)cc1. The predicted octanol–water partition coefficient (Wildman–Crippen LogP) is 5.48. The highest BCUT2D eigenvalue weighted by molar-refractivity contribution is 5.91. The topological polar surface area (TPSA) is 3.24 Å². The van der Waals surface area contributed by atoms with Crippen LogP contribution in [0.2, 0.25) is 0 Å². The first-order chi connectivity index (χ1) is 11.6. The summed E-state index contributed by atoms with van der Waals surface area (Å²) in [4.78, 5) is 2.07. The average Bonchev–Trinajstić information content (AvgIpc) is 2.62. The number of halogens is 1. The van der Waals surface area contributed by atoms with Crippen molar-refractivity contribution in [3.8, 4) is 0 Å². The molecule has 3 rings (SSSR count). The summed E-state index contributed by atoms with van der Waals surface area (Å²) >= 11 is 0. The maximum absolute atomic E-state index is 13.3. The van der Waals surface area contributed by atoms with E-state index >= 15 is 0 Å². The number of hydrogen-bond acceptors (Lipinski definition) is 1.